The molecule has 2 aromatic heterocycles. The van der Waals surface area contributed by atoms with E-state index in [9.17, 15) is 4.79 Å². The van der Waals surface area contributed by atoms with Gasteiger partial charge in [0.2, 0.25) is 5.78 Å². The maximum Gasteiger partial charge on any atom is 0.202 e. The first-order chi connectivity index (χ1) is 7.70. The van der Waals surface area contributed by atoms with E-state index in [1.165, 1.54) is 0 Å². The highest BCUT2D eigenvalue weighted by Crippen LogP contribution is 2.05. The second-order valence-corrected chi connectivity index (χ2v) is 3.67. The number of carbonyl (C=O) groups excluding carboxylic acids is 1. The Kier molecular flexibility index (Phi) is 2.85. The number of aryl methyl sites for hydroxylation is 2. The van der Waals surface area contributed by atoms with Gasteiger partial charge >= 0.3 is 0 Å². The number of nitrogens with zero attached hydrogens (tertiary/aromatic N) is 4. The number of rotatable bonds is 4. The zero-order valence-electron chi connectivity index (χ0n) is 9.42. The van der Waals surface area contributed by atoms with Crippen LogP contribution in [0.15, 0.2) is 24.8 Å². The Labute approximate surface area is 93.7 Å². The number of carbonyl (C=O) groups is 1. The van der Waals surface area contributed by atoms with Crippen molar-refractivity contribution in [1.82, 2.24) is 19.3 Å². The highest BCUT2D eigenvalue weighted by Gasteiger charge is 2.12. The largest absolute Gasteiger partial charge is 0.332 e. The summed E-state index contributed by atoms with van der Waals surface area (Å²) >= 11 is 0. The molecule has 0 saturated carbocycles. The molecule has 0 aromatic carbocycles. The van der Waals surface area contributed by atoms with Gasteiger partial charge in [-0.2, -0.15) is 5.10 Å². The standard InChI is InChI=1S/C11H14N4O/c1-3-15-8-9(7-13-15)6-10(16)11-12-4-5-14(11)2/h4-5,7-8H,3,6H2,1-2H3. The predicted octanol–water partition coefficient (Wildman–Crippen LogP) is 1.06. The Morgan fingerprint density at radius 1 is 1.50 bits per heavy atom. The molecule has 2 rings (SSSR count). The zero-order valence-corrected chi connectivity index (χ0v) is 9.42. The average Bonchev–Trinajstić information content (AvgIpc) is 2.86. The van der Waals surface area contributed by atoms with E-state index in [1.54, 1.807) is 27.8 Å². The van der Waals surface area contributed by atoms with Gasteiger partial charge in [0.15, 0.2) is 5.82 Å². The Balaban J connectivity index is 2.11. The Bertz CT molecular complexity index is 498. The maximum atomic E-state index is 11.9. The Morgan fingerprint density at radius 2 is 2.31 bits per heavy atom. The predicted molar refractivity (Wildman–Crippen MR) is 59.1 cm³/mol. The molecule has 84 valence electrons. The highest BCUT2D eigenvalue weighted by molar-refractivity contribution is 5.94. The minimum Gasteiger partial charge on any atom is -0.332 e. The molecule has 0 aliphatic heterocycles. The number of hydrogen-bond donors (Lipinski definition) is 0. The van der Waals surface area contributed by atoms with Crippen molar-refractivity contribution in [3.8, 4) is 0 Å². The molecule has 0 aliphatic carbocycles. The fourth-order valence-electron chi connectivity index (χ4n) is 1.57. The number of aromatic nitrogens is 4. The van der Waals surface area contributed by atoms with Gasteiger partial charge in [0.25, 0.3) is 0 Å². The molecule has 0 unspecified atom stereocenters. The van der Waals surface area contributed by atoms with Crippen LogP contribution < -0.4 is 0 Å². The van der Waals surface area contributed by atoms with E-state index in [1.807, 2.05) is 20.2 Å². The van der Waals surface area contributed by atoms with Gasteiger partial charge in [-0.05, 0) is 12.5 Å². The summed E-state index contributed by atoms with van der Waals surface area (Å²) in [7, 11) is 1.82. The first-order valence-electron chi connectivity index (χ1n) is 5.22. The van der Waals surface area contributed by atoms with Crippen LogP contribution in [0, 0.1) is 0 Å². The third kappa shape index (κ3) is 2.03. The fraction of sp³-hybridized carbons (Fsp3) is 0.364. The van der Waals surface area contributed by atoms with Crippen molar-refractivity contribution in [2.75, 3.05) is 0 Å². The molecule has 0 aliphatic rings. The molecule has 0 radical (unpaired) electrons. The molecule has 2 heterocycles. The summed E-state index contributed by atoms with van der Waals surface area (Å²) < 4.78 is 3.54. The average molecular weight is 218 g/mol. The van der Waals surface area contributed by atoms with E-state index in [0.717, 1.165) is 12.1 Å². The topological polar surface area (TPSA) is 52.7 Å². The van der Waals surface area contributed by atoms with Crippen LogP contribution in [0.4, 0.5) is 0 Å². The van der Waals surface area contributed by atoms with Crippen LogP contribution >= 0.6 is 0 Å². The number of imidazole rings is 1. The van der Waals surface area contributed by atoms with E-state index >= 15 is 0 Å². The van der Waals surface area contributed by atoms with Crippen LogP contribution in [-0.4, -0.2) is 25.1 Å². The minimum absolute atomic E-state index is 0.0168. The third-order valence-corrected chi connectivity index (χ3v) is 2.45. The lowest BCUT2D eigenvalue weighted by molar-refractivity contribution is 0.0980. The monoisotopic (exact) mass is 218 g/mol. The maximum absolute atomic E-state index is 11.9. The Hall–Kier alpha value is -1.91. The van der Waals surface area contributed by atoms with Crippen molar-refractivity contribution in [3.63, 3.8) is 0 Å². The van der Waals surface area contributed by atoms with Gasteiger partial charge in [-0.1, -0.05) is 0 Å². The third-order valence-electron chi connectivity index (χ3n) is 2.45. The van der Waals surface area contributed by atoms with E-state index in [2.05, 4.69) is 10.1 Å². The van der Waals surface area contributed by atoms with Gasteiger partial charge in [0, 0.05) is 38.6 Å². The van der Waals surface area contributed by atoms with Crippen molar-refractivity contribution in [2.24, 2.45) is 7.05 Å². The van der Waals surface area contributed by atoms with Gasteiger partial charge < -0.3 is 4.57 Å². The van der Waals surface area contributed by atoms with Crippen molar-refractivity contribution < 1.29 is 4.79 Å². The molecule has 0 N–H and O–H groups in total. The quantitative estimate of drug-likeness (QED) is 0.721. The molecule has 2 aromatic rings. The first kappa shape index (κ1) is 10.6. The molecule has 5 nitrogen and oxygen atoms in total. The highest BCUT2D eigenvalue weighted by atomic mass is 16.1. The molecule has 0 saturated heterocycles. The molecule has 0 fully saturated rings. The van der Waals surface area contributed by atoms with Crippen LogP contribution in [0.2, 0.25) is 0 Å². The van der Waals surface area contributed by atoms with Gasteiger partial charge in [-0.15, -0.1) is 0 Å². The minimum atomic E-state index is 0.0168. The molecule has 0 bridgehead atoms. The SMILES string of the molecule is CCn1cc(CC(=O)c2nccn2C)cn1. The van der Waals surface area contributed by atoms with Crippen LogP contribution in [0.1, 0.15) is 23.1 Å². The Morgan fingerprint density at radius 3 is 2.88 bits per heavy atom. The van der Waals surface area contributed by atoms with Gasteiger partial charge in [-0.3, -0.25) is 9.48 Å². The summed E-state index contributed by atoms with van der Waals surface area (Å²) in [6, 6.07) is 0. The van der Waals surface area contributed by atoms with Crippen LogP contribution in [0.25, 0.3) is 0 Å². The van der Waals surface area contributed by atoms with Gasteiger partial charge in [0.05, 0.1) is 6.20 Å². The lowest BCUT2D eigenvalue weighted by atomic mass is 10.2. The second-order valence-electron chi connectivity index (χ2n) is 3.67. The fourth-order valence-corrected chi connectivity index (χ4v) is 1.57. The summed E-state index contributed by atoms with van der Waals surface area (Å²) in [4.78, 5) is 15.9. The van der Waals surface area contributed by atoms with E-state index in [-0.39, 0.29) is 5.78 Å². The lowest BCUT2D eigenvalue weighted by Gasteiger charge is -1.98. The molecular weight excluding hydrogens is 204 g/mol. The normalized spacial score (nSPS) is 10.6. The van der Waals surface area contributed by atoms with Crippen LogP contribution in [0.5, 0.6) is 0 Å². The molecule has 0 amide bonds. The zero-order chi connectivity index (χ0) is 11.5. The van der Waals surface area contributed by atoms with Crippen molar-refractivity contribution in [1.29, 1.82) is 0 Å². The van der Waals surface area contributed by atoms with E-state index < -0.39 is 0 Å². The lowest BCUT2D eigenvalue weighted by Crippen LogP contribution is -2.09. The summed E-state index contributed by atoms with van der Waals surface area (Å²) in [5.74, 6) is 0.507. The summed E-state index contributed by atoms with van der Waals surface area (Å²) in [5.41, 5.74) is 0.926. The number of hydrogen-bond acceptors (Lipinski definition) is 3. The van der Waals surface area contributed by atoms with Gasteiger partial charge in [0.1, 0.15) is 0 Å². The molecule has 0 atom stereocenters. The molecule has 16 heavy (non-hydrogen) atoms. The van der Waals surface area contributed by atoms with Crippen molar-refractivity contribution in [2.45, 2.75) is 19.9 Å². The smallest absolute Gasteiger partial charge is 0.202 e. The first-order valence-corrected chi connectivity index (χ1v) is 5.22. The van der Waals surface area contributed by atoms with Crippen LogP contribution in [0.3, 0.4) is 0 Å². The van der Waals surface area contributed by atoms with Crippen molar-refractivity contribution in [3.05, 3.63) is 36.2 Å². The number of ketones is 1. The molecular formula is C11H14N4O. The second kappa shape index (κ2) is 4.30. The van der Waals surface area contributed by atoms with E-state index in [4.69, 9.17) is 0 Å². The summed E-state index contributed by atoms with van der Waals surface area (Å²) in [6.45, 7) is 2.83. The van der Waals surface area contributed by atoms with Gasteiger partial charge in [-0.25, -0.2) is 4.98 Å². The summed E-state index contributed by atoms with van der Waals surface area (Å²) in [5, 5.41) is 4.13. The number of Topliss-reactive ketones (excluding diaryl/α,β-unsaturated/α-hetero) is 1. The summed E-state index contributed by atoms with van der Waals surface area (Å²) in [6.07, 6.45) is 7.36. The molecule has 5 heteroatoms. The molecule has 0 spiro atoms. The van der Waals surface area contributed by atoms with Crippen molar-refractivity contribution >= 4 is 5.78 Å². The van der Waals surface area contributed by atoms with Crippen LogP contribution in [-0.2, 0) is 20.0 Å². The van der Waals surface area contributed by atoms with E-state index in [0.29, 0.717) is 12.2 Å².